The molecule has 196 valence electrons. The van der Waals surface area contributed by atoms with Gasteiger partial charge in [-0.1, -0.05) is 60.2 Å². The Morgan fingerprint density at radius 1 is 0.973 bits per heavy atom. The highest BCUT2D eigenvalue weighted by Crippen LogP contribution is 2.48. The van der Waals surface area contributed by atoms with Crippen molar-refractivity contribution in [2.45, 2.75) is 50.1 Å². The molecule has 0 bridgehead atoms. The number of β-amino-alcohol motifs (C(OH)–C–C–N with tert-alkyl or cyclic N) is 1. The Morgan fingerprint density at radius 3 is 2.43 bits per heavy atom. The third-order valence-electron chi connectivity index (χ3n) is 7.77. The van der Waals surface area contributed by atoms with Crippen LogP contribution in [0.15, 0.2) is 72.8 Å². The molecule has 0 aromatic heterocycles. The monoisotopic (exact) mass is 512 g/mol. The molecular formula is C30H32F4N2O. The number of rotatable bonds is 6. The van der Waals surface area contributed by atoms with Crippen molar-refractivity contribution in [3.8, 4) is 0 Å². The van der Waals surface area contributed by atoms with Crippen LogP contribution in [0.2, 0.25) is 0 Å². The van der Waals surface area contributed by atoms with E-state index < -0.39 is 29.9 Å². The predicted octanol–water partition coefficient (Wildman–Crippen LogP) is 6.21. The van der Waals surface area contributed by atoms with Crippen LogP contribution in [0.1, 0.15) is 35.6 Å². The van der Waals surface area contributed by atoms with Gasteiger partial charge >= 0.3 is 6.18 Å². The van der Waals surface area contributed by atoms with Crippen molar-refractivity contribution < 1.29 is 22.7 Å². The number of hydrogen-bond donors (Lipinski definition) is 1. The van der Waals surface area contributed by atoms with Crippen molar-refractivity contribution in [2.75, 3.05) is 36.0 Å². The zero-order valence-electron chi connectivity index (χ0n) is 21.1. The smallest absolute Gasteiger partial charge is 0.382 e. The van der Waals surface area contributed by atoms with Crippen molar-refractivity contribution >= 4 is 11.4 Å². The molecule has 2 aliphatic rings. The fourth-order valence-electron chi connectivity index (χ4n) is 5.94. The Morgan fingerprint density at radius 2 is 1.73 bits per heavy atom. The first-order valence-corrected chi connectivity index (χ1v) is 12.7. The Balaban J connectivity index is 1.61. The van der Waals surface area contributed by atoms with Crippen molar-refractivity contribution in [2.24, 2.45) is 0 Å². The van der Waals surface area contributed by atoms with Gasteiger partial charge in [0, 0.05) is 36.3 Å². The van der Waals surface area contributed by atoms with Crippen LogP contribution in [-0.2, 0) is 11.8 Å². The standard InChI is InChI=1S/C30H32F4N2O/c1-21-7-5-8-22(15-21)17-29(23-9-6-10-24(16-23)35-14-13-28(2,31)19-35)20-36(18-27(37)30(32,33)34)26-12-4-3-11-25(26)29/h3-12,15-16,27,37H,13-14,17-20H2,1-2H3/t27-,28?,29?/m1/s1. The summed E-state index contributed by atoms with van der Waals surface area (Å²) in [4.78, 5) is 3.69. The quantitative estimate of drug-likeness (QED) is 0.398. The summed E-state index contributed by atoms with van der Waals surface area (Å²) in [5.74, 6) is 0. The summed E-state index contributed by atoms with van der Waals surface area (Å²) >= 11 is 0. The van der Waals surface area contributed by atoms with Crippen molar-refractivity contribution in [3.05, 3.63) is 95.1 Å². The molecule has 2 heterocycles. The van der Waals surface area contributed by atoms with E-state index in [0.29, 0.717) is 31.6 Å². The second kappa shape index (κ2) is 9.35. The molecule has 3 atom stereocenters. The zero-order chi connectivity index (χ0) is 26.4. The Hall–Kier alpha value is -3.06. The normalized spacial score (nSPS) is 24.4. The number of nitrogens with zero attached hydrogens (tertiary/aromatic N) is 2. The predicted molar refractivity (Wildman–Crippen MR) is 139 cm³/mol. The number of aliphatic hydroxyl groups excluding tert-OH is 1. The molecule has 1 fully saturated rings. The van der Waals surface area contributed by atoms with Crippen LogP contribution in [0.4, 0.5) is 28.9 Å². The Labute approximate surface area is 215 Å². The molecule has 0 spiro atoms. The second-order valence-corrected chi connectivity index (χ2v) is 10.8. The number of aliphatic hydroxyl groups is 1. The summed E-state index contributed by atoms with van der Waals surface area (Å²) in [5.41, 5.74) is 3.79. The number of para-hydroxylation sites is 1. The van der Waals surface area contributed by atoms with Gasteiger partial charge in [-0.2, -0.15) is 13.2 Å². The van der Waals surface area contributed by atoms with Crippen LogP contribution in [-0.4, -0.2) is 49.2 Å². The third kappa shape index (κ3) is 5.06. The minimum absolute atomic E-state index is 0.289. The number of aryl methyl sites for hydroxylation is 1. The third-order valence-corrected chi connectivity index (χ3v) is 7.77. The minimum atomic E-state index is -4.70. The van der Waals surface area contributed by atoms with Crippen LogP contribution in [0.25, 0.3) is 0 Å². The Kier molecular flexibility index (Phi) is 6.47. The van der Waals surface area contributed by atoms with Gasteiger partial charge in [0.1, 0.15) is 5.67 Å². The summed E-state index contributed by atoms with van der Waals surface area (Å²) in [6, 6.07) is 23.7. The number of fused-ring (bicyclic) bond motifs is 1. The lowest BCUT2D eigenvalue weighted by Crippen LogP contribution is -2.44. The van der Waals surface area contributed by atoms with Crippen LogP contribution in [0, 0.1) is 6.92 Å². The molecule has 0 saturated carbocycles. The molecule has 3 aromatic rings. The van der Waals surface area contributed by atoms with E-state index >= 15 is 0 Å². The molecule has 3 aromatic carbocycles. The first kappa shape index (κ1) is 25.6. The topological polar surface area (TPSA) is 26.7 Å². The maximum Gasteiger partial charge on any atom is 0.416 e. The van der Waals surface area contributed by atoms with Gasteiger partial charge in [-0.25, -0.2) is 4.39 Å². The van der Waals surface area contributed by atoms with Gasteiger partial charge in [0.2, 0.25) is 0 Å². The van der Waals surface area contributed by atoms with Crippen molar-refractivity contribution in [1.29, 1.82) is 0 Å². The molecule has 5 rings (SSSR count). The molecule has 3 nitrogen and oxygen atoms in total. The van der Waals surface area contributed by atoms with E-state index in [0.717, 1.165) is 27.9 Å². The van der Waals surface area contributed by atoms with E-state index in [-0.39, 0.29) is 6.54 Å². The molecule has 7 heteroatoms. The van der Waals surface area contributed by atoms with Crippen LogP contribution in [0.3, 0.4) is 0 Å². The van der Waals surface area contributed by atoms with E-state index in [1.54, 1.807) is 11.8 Å². The second-order valence-electron chi connectivity index (χ2n) is 10.8. The maximum atomic E-state index is 14.7. The largest absolute Gasteiger partial charge is 0.416 e. The molecule has 2 unspecified atom stereocenters. The van der Waals surface area contributed by atoms with Crippen LogP contribution in [0.5, 0.6) is 0 Å². The van der Waals surface area contributed by atoms with E-state index in [1.165, 1.54) is 0 Å². The molecule has 1 saturated heterocycles. The highest BCUT2D eigenvalue weighted by atomic mass is 19.4. The van der Waals surface area contributed by atoms with Crippen molar-refractivity contribution in [3.63, 3.8) is 0 Å². The fraction of sp³-hybridized carbons (Fsp3) is 0.400. The summed E-state index contributed by atoms with van der Waals surface area (Å²) in [7, 11) is 0. The summed E-state index contributed by atoms with van der Waals surface area (Å²) in [6.45, 7) is 4.31. The van der Waals surface area contributed by atoms with Gasteiger partial charge in [-0.05, 0) is 55.2 Å². The summed E-state index contributed by atoms with van der Waals surface area (Å²) in [5, 5.41) is 9.97. The molecule has 2 aliphatic heterocycles. The van der Waals surface area contributed by atoms with Gasteiger partial charge in [-0.15, -0.1) is 0 Å². The number of hydrogen-bond acceptors (Lipinski definition) is 3. The first-order chi connectivity index (χ1) is 17.5. The lowest BCUT2D eigenvalue weighted by atomic mass is 9.71. The number of benzene rings is 3. The molecule has 0 radical (unpaired) electrons. The number of alkyl halides is 4. The summed E-state index contributed by atoms with van der Waals surface area (Å²) < 4.78 is 54.7. The van der Waals surface area contributed by atoms with Gasteiger partial charge in [0.15, 0.2) is 6.10 Å². The van der Waals surface area contributed by atoms with Crippen molar-refractivity contribution in [1.82, 2.24) is 0 Å². The van der Waals surface area contributed by atoms with Gasteiger partial charge in [0.05, 0.1) is 13.1 Å². The Bertz CT molecular complexity index is 1270. The number of halogens is 4. The van der Waals surface area contributed by atoms with Crippen LogP contribution >= 0.6 is 0 Å². The highest BCUT2D eigenvalue weighted by Gasteiger charge is 2.47. The van der Waals surface area contributed by atoms with Crippen LogP contribution < -0.4 is 9.80 Å². The van der Waals surface area contributed by atoms with Gasteiger partial charge in [0.25, 0.3) is 0 Å². The minimum Gasteiger partial charge on any atom is -0.382 e. The lowest BCUT2D eigenvalue weighted by Gasteiger charge is -2.34. The fourth-order valence-corrected chi connectivity index (χ4v) is 5.94. The SMILES string of the molecule is Cc1cccc(CC2(c3cccc(N4CCC(C)(F)C4)c3)CN(C[C@@H](O)C(F)(F)F)c3ccccc32)c1. The van der Waals surface area contributed by atoms with E-state index in [4.69, 9.17) is 0 Å². The molecule has 0 aliphatic carbocycles. The molecular weight excluding hydrogens is 480 g/mol. The maximum absolute atomic E-state index is 14.7. The lowest BCUT2D eigenvalue weighted by molar-refractivity contribution is -0.200. The molecule has 0 amide bonds. The molecule has 1 N–H and O–H groups in total. The molecule has 37 heavy (non-hydrogen) atoms. The zero-order valence-corrected chi connectivity index (χ0v) is 21.1. The average Bonchev–Trinajstić information content (AvgIpc) is 3.36. The van der Waals surface area contributed by atoms with E-state index in [1.807, 2.05) is 72.5 Å². The van der Waals surface area contributed by atoms with Gasteiger partial charge < -0.3 is 14.9 Å². The van der Waals surface area contributed by atoms with E-state index in [2.05, 4.69) is 12.1 Å². The summed E-state index contributed by atoms with van der Waals surface area (Å²) in [6.07, 6.45) is -6.12. The van der Waals surface area contributed by atoms with E-state index in [9.17, 15) is 22.7 Å². The highest BCUT2D eigenvalue weighted by molar-refractivity contribution is 5.68. The van der Waals surface area contributed by atoms with Gasteiger partial charge in [-0.3, -0.25) is 0 Å². The number of anilines is 2. The first-order valence-electron chi connectivity index (χ1n) is 12.7. The average molecular weight is 513 g/mol.